The lowest BCUT2D eigenvalue weighted by Gasteiger charge is -2.10. The van der Waals surface area contributed by atoms with Gasteiger partial charge in [0.2, 0.25) is 0 Å². The van der Waals surface area contributed by atoms with Gasteiger partial charge in [-0.3, -0.25) is 4.98 Å². The van der Waals surface area contributed by atoms with E-state index in [2.05, 4.69) is 30.6 Å². The Balaban J connectivity index is 1.30. The molecule has 2 aromatic carbocycles. The molecule has 0 radical (unpaired) electrons. The van der Waals surface area contributed by atoms with Crippen molar-refractivity contribution < 1.29 is 13.2 Å². The number of ether oxygens (including phenoxy) is 1. The molecule has 0 spiro atoms. The number of rotatable bonds is 10. The highest BCUT2D eigenvalue weighted by Crippen LogP contribution is 2.29. The zero-order valence-electron chi connectivity index (χ0n) is 20.0. The van der Waals surface area contributed by atoms with Gasteiger partial charge in [-0.2, -0.15) is 0 Å². The molecule has 0 aliphatic rings. The summed E-state index contributed by atoms with van der Waals surface area (Å²) >= 11 is 1.49. The molecule has 3 aromatic heterocycles. The average molecular weight is 533 g/mol. The Labute approximate surface area is 218 Å². The number of para-hydroxylation sites is 1. The van der Waals surface area contributed by atoms with Crippen molar-refractivity contribution in [2.45, 2.75) is 6.54 Å². The van der Waals surface area contributed by atoms with Crippen molar-refractivity contribution in [2.75, 3.05) is 23.9 Å². The summed E-state index contributed by atoms with van der Waals surface area (Å²) in [5.41, 5.74) is 3.01. The van der Waals surface area contributed by atoms with Crippen LogP contribution in [0.4, 0.5) is 11.5 Å². The normalized spacial score (nSPS) is 11.5. The number of aromatic nitrogens is 4. The van der Waals surface area contributed by atoms with Crippen molar-refractivity contribution in [1.29, 1.82) is 0 Å². The molecule has 0 saturated heterocycles. The average Bonchev–Trinajstić information content (AvgIpc) is 3.37. The van der Waals surface area contributed by atoms with Crippen LogP contribution < -0.4 is 15.4 Å². The highest BCUT2D eigenvalue weighted by molar-refractivity contribution is 7.90. The third-order valence-electron chi connectivity index (χ3n) is 5.36. The van der Waals surface area contributed by atoms with Crippen molar-refractivity contribution >= 4 is 43.6 Å². The minimum atomic E-state index is -2.99. The van der Waals surface area contributed by atoms with Crippen molar-refractivity contribution in [3.05, 3.63) is 83.6 Å². The first-order chi connectivity index (χ1) is 17.9. The van der Waals surface area contributed by atoms with Crippen molar-refractivity contribution in [3.63, 3.8) is 0 Å². The summed E-state index contributed by atoms with van der Waals surface area (Å²) in [5.74, 6) is 2.26. The maximum absolute atomic E-state index is 11.3. The second-order valence-electron chi connectivity index (χ2n) is 8.31. The van der Waals surface area contributed by atoms with Crippen molar-refractivity contribution in [1.82, 2.24) is 25.3 Å². The summed E-state index contributed by atoms with van der Waals surface area (Å²) in [6, 6.07) is 19.2. The van der Waals surface area contributed by atoms with Gasteiger partial charge in [-0.15, -0.1) is 11.3 Å². The van der Waals surface area contributed by atoms with Gasteiger partial charge in [-0.05, 0) is 42.5 Å². The number of sulfone groups is 1. The van der Waals surface area contributed by atoms with Gasteiger partial charge in [0.1, 0.15) is 38.5 Å². The van der Waals surface area contributed by atoms with Crippen LogP contribution in [-0.4, -0.2) is 46.9 Å². The fourth-order valence-corrected chi connectivity index (χ4v) is 4.80. The third kappa shape index (κ3) is 6.64. The van der Waals surface area contributed by atoms with E-state index < -0.39 is 9.84 Å². The van der Waals surface area contributed by atoms with E-state index in [1.165, 1.54) is 23.9 Å². The Morgan fingerprint density at radius 3 is 2.51 bits per heavy atom. The first-order valence-corrected chi connectivity index (χ1v) is 14.4. The van der Waals surface area contributed by atoms with E-state index in [0.717, 1.165) is 33.3 Å². The number of thiazole rings is 1. The molecule has 3 heterocycles. The Kier molecular flexibility index (Phi) is 7.35. The van der Waals surface area contributed by atoms with Crippen LogP contribution in [0.2, 0.25) is 0 Å². The van der Waals surface area contributed by atoms with Crippen LogP contribution in [-0.2, 0) is 16.4 Å². The Bertz CT molecular complexity index is 1610. The Hall–Kier alpha value is -3.93. The first-order valence-electron chi connectivity index (χ1n) is 11.5. The molecular weight excluding hydrogens is 508 g/mol. The number of fused-ring (bicyclic) bond motifs is 1. The van der Waals surface area contributed by atoms with Gasteiger partial charge >= 0.3 is 0 Å². The predicted octanol–water partition coefficient (Wildman–Crippen LogP) is 4.82. The zero-order chi connectivity index (χ0) is 25.7. The van der Waals surface area contributed by atoms with Crippen molar-refractivity contribution in [2.24, 2.45) is 0 Å². The number of anilines is 2. The molecule has 0 saturated carbocycles. The summed E-state index contributed by atoms with van der Waals surface area (Å²) < 4.78 is 28.4. The third-order valence-corrected chi connectivity index (χ3v) is 7.15. The molecule has 11 heteroatoms. The Morgan fingerprint density at radius 1 is 0.946 bits per heavy atom. The van der Waals surface area contributed by atoms with Gasteiger partial charge in [0, 0.05) is 35.8 Å². The summed E-state index contributed by atoms with van der Waals surface area (Å²) in [6.45, 7) is 0.876. The molecule has 0 bridgehead atoms. The number of pyridine rings is 1. The van der Waals surface area contributed by atoms with Crippen molar-refractivity contribution in [3.8, 4) is 22.9 Å². The second kappa shape index (κ2) is 11.0. The minimum Gasteiger partial charge on any atom is -0.457 e. The van der Waals surface area contributed by atoms with Gasteiger partial charge in [0.25, 0.3) is 0 Å². The topological polar surface area (TPSA) is 119 Å². The molecule has 0 atom stereocenters. The minimum absolute atomic E-state index is 0.0933. The molecule has 0 aliphatic carbocycles. The number of nitrogens with one attached hydrogen (secondary N) is 2. The molecule has 37 heavy (non-hydrogen) atoms. The molecular formula is C26H24N6O3S2. The SMILES string of the molecule is CS(=O)(=O)CCNCc1nc(-c2cc3c(Nc4ccc(Oc5ccccc5)cc4)ncnc3cn2)cs1. The van der Waals surface area contributed by atoms with Crippen LogP contribution in [0.3, 0.4) is 0 Å². The monoisotopic (exact) mass is 532 g/mol. The summed E-state index contributed by atoms with van der Waals surface area (Å²) in [5, 5.41) is 10.1. The van der Waals surface area contributed by atoms with Gasteiger partial charge in [-0.1, -0.05) is 18.2 Å². The quantitative estimate of drug-likeness (QED) is 0.244. The number of hydrogen-bond donors (Lipinski definition) is 2. The van der Waals surface area contributed by atoms with Gasteiger partial charge in [0.15, 0.2) is 0 Å². The summed E-state index contributed by atoms with van der Waals surface area (Å²) in [4.78, 5) is 18.0. The van der Waals surface area contributed by atoms with Gasteiger partial charge in [-0.25, -0.2) is 23.4 Å². The standard InChI is InChI=1S/C26H24N6O3S2/c1-37(33,34)12-11-27-15-25-32-24(16-36-25)22-13-21-23(14-28-22)29-17-30-26(21)31-18-7-9-20(10-8-18)35-19-5-3-2-4-6-19/h2-10,13-14,16-17,27H,11-12,15H2,1H3,(H,29,30,31). The van der Waals surface area contributed by atoms with E-state index in [1.807, 2.05) is 66.0 Å². The second-order valence-corrected chi connectivity index (χ2v) is 11.5. The smallest absolute Gasteiger partial charge is 0.148 e. The van der Waals surface area contributed by atoms with E-state index in [4.69, 9.17) is 4.74 Å². The molecule has 2 N–H and O–H groups in total. The van der Waals surface area contributed by atoms with Crippen LogP contribution in [0.25, 0.3) is 22.3 Å². The molecule has 0 amide bonds. The maximum atomic E-state index is 11.3. The molecule has 0 aliphatic heterocycles. The zero-order valence-corrected chi connectivity index (χ0v) is 21.6. The van der Waals surface area contributed by atoms with E-state index >= 15 is 0 Å². The van der Waals surface area contributed by atoms with Crippen LogP contribution in [0.15, 0.2) is 78.6 Å². The summed E-state index contributed by atoms with van der Waals surface area (Å²) in [6.07, 6.45) is 4.43. The van der Waals surface area contributed by atoms with E-state index in [-0.39, 0.29) is 5.75 Å². The van der Waals surface area contributed by atoms with Crippen LogP contribution >= 0.6 is 11.3 Å². The number of nitrogens with zero attached hydrogens (tertiary/aromatic N) is 4. The van der Waals surface area contributed by atoms with Crippen LogP contribution in [0.1, 0.15) is 5.01 Å². The maximum Gasteiger partial charge on any atom is 0.148 e. The molecule has 0 fully saturated rings. The fraction of sp³-hybridized carbons (Fsp3) is 0.154. The van der Waals surface area contributed by atoms with Gasteiger partial charge < -0.3 is 15.4 Å². The number of benzene rings is 2. The molecule has 0 unspecified atom stereocenters. The lowest BCUT2D eigenvalue weighted by atomic mass is 10.2. The van der Waals surface area contributed by atoms with E-state index in [0.29, 0.717) is 30.1 Å². The number of hydrogen-bond acceptors (Lipinski definition) is 10. The molecule has 5 aromatic rings. The van der Waals surface area contributed by atoms with E-state index in [9.17, 15) is 8.42 Å². The fourth-order valence-electron chi connectivity index (χ4n) is 3.53. The lowest BCUT2D eigenvalue weighted by Crippen LogP contribution is -2.21. The highest BCUT2D eigenvalue weighted by Gasteiger charge is 2.11. The molecule has 9 nitrogen and oxygen atoms in total. The first kappa shape index (κ1) is 24.8. The largest absolute Gasteiger partial charge is 0.457 e. The molecule has 188 valence electrons. The Morgan fingerprint density at radius 2 is 1.73 bits per heavy atom. The van der Waals surface area contributed by atoms with Gasteiger partial charge in [0.05, 0.1) is 28.9 Å². The van der Waals surface area contributed by atoms with Crippen LogP contribution in [0, 0.1) is 0 Å². The molecule has 5 rings (SSSR count). The highest BCUT2D eigenvalue weighted by atomic mass is 32.2. The predicted molar refractivity (Wildman–Crippen MR) is 146 cm³/mol. The van der Waals surface area contributed by atoms with Crippen LogP contribution in [0.5, 0.6) is 11.5 Å². The summed E-state index contributed by atoms with van der Waals surface area (Å²) in [7, 11) is -2.99. The van der Waals surface area contributed by atoms with E-state index in [1.54, 1.807) is 6.20 Å². The lowest BCUT2D eigenvalue weighted by molar-refractivity contribution is 0.483.